The highest BCUT2D eigenvalue weighted by atomic mass is 16.5. The number of anilines is 1. The van der Waals surface area contributed by atoms with Crippen molar-refractivity contribution in [2.75, 3.05) is 12.8 Å². The summed E-state index contributed by atoms with van der Waals surface area (Å²) in [6.07, 6.45) is 3.92. The lowest BCUT2D eigenvalue weighted by molar-refractivity contribution is -0.0149. The Kier molecular flexibility index (Phi) is 4.43. The summed E-state index contributed by atoms with van der Waals surface area (Å²) in [5, 5.41) is 0. The summed E-state index contributed by atoms with van der Waals surface area (Å²) in [5.41, 5.74) is 7.76. The smallest absolute Gasteiger partial charge is 0.338 e. The van der Waals surface area contributed by atoms with Crippen molar-refractivity contribution in [3.8, 4) is 0 Å². The molecule has 19 heavy (non-hydrogen) atoms. The molecule has 1 aromatic carbocycles. The van der Waals surface area contributed by atoms with E-state index in [0.29, 0.717) is 11.3 Å². The summed E-state index contributed by atoms with van der Waals surface area (Å²) in [6.45, 7) is 1.84. The number of hydrogen-bond donors (Lipinski definition) is 1. The van der Waals surface area contributed by atoms with E-state index < -0.39 is 0 Å². The molecule has 0 spiro atoms. The number of nitrogens with two attached hydrogens (primary N) is 1. The molecule has 0 radical (unpaired) electrons. The van der Waals surface area contributed by atoms with Crippen molar-refractivity contribution in [1.82, 2.24) is 0 Å². The number of carbonyl (C=O) groups excluding carboxylic acids is 1. The van der Waals surface area contributed by atoms with Crippen molar-refractivity contribution in [3.05, 3.63) is 29.3 Å². The van der Waals surface area contributed by atoms with E-state index >= 15 is 0 Å². The van der Waals surface area contributed by atoms with E-state index in [1.54, 1.807) is 25.3 Å². The average Bonchev–Trinajstić information content (AvgIpc) is 2.42. The SMILES string of the molecule is COC1CCCC(OC(=O)c2cccc(N)c2C)C1. The van der Waals surface area contributed by atoms with Gasteiger partial charge in [-0.2, -0.15) is 0 Å². The van der Waals surface area contributed by atoms with Crippen LogP contribution in [0, 0.1) is 6.92 Å². The second-order valence-corrected chi connectivity index (χ2v) is 5.07. The fourth-order valence-corrected chi connectivity index (χ4v) is 2.51. The number of ether oxygens (including phenoxy) is 2. The number of rotatable bonds is 3. The largest absolute Gasteiger partial charge is 0.459 e. The highest BCUT2D eigenvalue weighted by molar-refractivity contribution is 5.92. The molecule has 104 valence electrons. The molecular formula is C15H21NO3. The van der Waals surface area contributed by atoms with Gasteiger partial charge in [0, 0.05) is 19.2 Å². The van der Waals surface area contributed by atoms with Crippen molar-refractivity contribution in [1.29, 1.82) is 0 Å². The predicted molar refractivity (Wildman–Crippen MR) is 74.1 cm³/mol. The van der Waals surface area contributed by atoms with Crippen LogP contribution in [0.15, 0.2) is 18.2 Å². The van der Waals surface area contributed by atoms with Crippen LogP contribution in [-0.2, 0) is 9.47 Å². The average molecular weight is 263 g/mol. The standard InChI is InChI=1S/C15H21NO3/c1-10-13(7-4-8-14(10)16)15(17)19-12-6-3-5-11(9-12)18-2/h4,7-8,11-12H,3,5-6,9,16H2,1-2H3. The Morgan fingerprint density at radius 2 is 2.05 bits per heavy atom. The zero-order chi connectivity index (χ0) is 13.8. The lowest BCUT2D eigenvalue weighted by atomic mass is 9.95. The summed E-state index contributed by atoms with van der Waals surface area (Å²) in [4.78, 5) is 12.2. The van der Waals surface area contributed by atoms with Gasteiger partial charge in [-0.15, -0.1) is 0 Å². The second-order valence-electron chi connectivity index (χ2n) is 5.07. The molecule has 0 heterocycles. The predicted octanol–water partition coefficient (Wildman–Crippen LogP) is 2.69. The maximum atomic E-state index is 12.2. The minimum Gasteiger partial charge on any atom is -0.459 e. The van der Waals surface area contributed by atoms with Gasteiger partial charge in [0.1, 0.15) is 6.10 Å². The molecule has 2 unspecified atom stereocenters. The maximum Gasteiger partial charge on any atom is 0.338 e. The van der Waals surface area contributed by atoms with Gasteiger partial charge in [0.25, 0.3) is 0 Å². The van der Waals surface area contributed by atoms with Crippen molar-refractivity contribution in [2.24, 2.45) is 0 Å². The van der Waals surface area contributed by atoms with Crippen molar-refractivity contribution in [3.63, 3.8) is 0 Å². The van der Waals surface area contributed by atoms with E-state index in [1.165, 1.54) is 0 Å². The van der Waals surface area contributed by atoms with Crippen LogP contribution >= 0.6 is 0 Å². The number of nitrogen functional groups attached to an aromatic ring is 1. The van der Waals surface area contributed by atoms with Crippen LogP contribution in [-0.4, -0.2) is 25.3 Å². The van der Waals surface area contributed by atoms with Crippen LogP contribution < -0.4 is 5.73 Å². The molecule has 0 bridgehead atoms. The van der Waals surface area contributed by atoms with E-state index in [-0.39, 0.29) is 18.2 Å². The third-order valence-corrected chi connectivity index (χ3v) is 3.78. The Hall–Kier alpha value is -1.55. The Balaban J connectivity index is 2.02. The van der Waals surface area contributed by atoms with E-state index in [9.17, 15) is 4.79 Å². The molecule has 4 nitrogen and oxygen atoms in total. The van der Waals surface area contributed by atoms with E-state index in [4.69, 9.17) is 15.2 Å². The van der Waals surface area contributed by atoms with Crippen LogP contribution in [0.4, 0.5) is 5.69 Å². The first-order chi connectivity index (χ1) is 9.11. The van der Waals surface area contributed by atoms with E-state index in [2.05, 4.69) is 0 Å². The Morgan fingerprint density at radius 1 is 1.32 bits per heavy atom. The monoisotopic (exact) mass is 263 g/mol. The first-order valence-electron chi connectivity index (χ1n) is 6.70. The van der Waals surface area contributed by atoms with Crippen LogP contribution in [0.3, 0.4) is 0 Å². The fourth-order valence-electron chi connectivity index (χ4n) is 2.51. The van der Waals surface area contributed by atoms with Gasteiger partial charge in [-0.05, 0) is 43.9 Å². The van der Waals surface area contributed by atoms with Crippen molar-refractivity contribution in [2.45, 2.75) is 44.8 Å². The molecule has 2 rings (SSSR count). The zero-order valence-electron chi connectivity index (χ0n) is 11.5. The topological polar surface area (TPSA) is 61.5 Å². The molecule has 1 saturated carbocycles. The summed E-state index contributed by atoms with van der Waals surface area (Å²) in [5.74, 6) is -0.286. The third-order valence-electron chi connectivity index (χ3n) is 3.78. The summed E-state index contributed by atoms with van der Waals surface area (Å²) < 4.78 is 10.9. The molecule has 1 aliphatic rings. The van der Waals surface area contributed by atoms with Gasteiger partial charge in [0.15, 0.2) is 0 Å². The summed E-state index contributed by atoms with van der Waals surface area (Å²) in [6, 6.07) is 5.32. The van der Waals surface area contributed by atoms with Crippen LogP contribution in [0.2, 0.25) is 0 Å². The fraction of sp³-hybridized carbons (Fsp3) is 0.533. The molecular weight excluding hydrogens is 242 g/mol. The summed E-state index contributed by atoms with van der Waals surface area (Å²) >= 11 is 0. The van der Waals surface area contributed by atoms with Gasteiger partial charge in [0.2, 0.25) is 0 Å². The quantitative estimate of drug-likeness (QED) is 0.672. The second kappa shape index (κ2) is 6.06. The number of hydrogen-bond acceptors (Lipinski definition) is 4. The van der Waals surface area contributed by atoms with Gasteiger partial charge in [-0.25, -0.2) is 4.79 Å². The van der Waals surface area contributed by atoms with Gasteiger partial charge >= 0.3 is 5.97 Å². The van der Waals surface area contributed by atoms with E-state index in [0.717, 1.165) is 31.2 Å². The van der Waals surface area contributed by atoms with Gasteiger partial charge in [-0.1, -0.05) is 6.07 Å². The number of methoxy groups -OCH3 is 1. The Bertz CT molecular complexity index is 459. The zero-order valence-corrected chi connectivity index (χ0v) is 11.5. The molecule has 0 saturated heterocycles. The Morgan fingerprint density at radius 3 is 2.79 bits per heavy atom. The molecule has 4 heteroatoms. The molecule has 0 aromatic heterocycles. The van der Waals surface area contributed by atoms with Gasteiger partial charge < -0.3 is 15.2 Å². The normalized spacial score (nSPS) is 23.1. The minimum atomic E-state index is -0.286. The van der Waals surface area contributed by atoms with Crippen LogP contribution in [0.5, 0.6) is 0 Å². The van der Waals surface area contributed by atoms with E-state index in [1.807, 2.05) is 6.92 Å². The van der Waals surface area contributed by atoms with Gasteiger partial charge in [-0.3, -0.25) is 0 Å². The maximum absolute atomic E-state index is 12.2. The van der Waals surface area contributed by atoms with Crippen molar-refractivity contribution < 1.29 is 14.3 Å². The molecule has 1 aromatic rings. The lowest BCUT2D eigenvalue weighted by Gasteiger charge is -2.28. The first kappa shape index (κ1) is 13.9. The molecule has 2 N–H and O–H groups in total. The van der Waals surface area contributed by atoms with Gasteiger partial charge in [0.05, 0.1) is 11.7 Å². The Labute approximate surface area is 113 Å². The molecule has 0 aliphatic heterocycles. The molecule has 0 amide bonds. The molecule has 1 aliphatic carbocycles. The van der Waals surface area contributed by atoms with Crippen LogP contribution in [0.25, 0.3) is 0 Å². The number of carbonyl (C=O) groups is 1. The first-order valence-corrected chi connectivity index (χ1v) is 6.70. The number of benzene rings is 1. The summed E-state index contributed by atoms with van der Waals surface area (Å²) in [7, 11) is 1.71. The minimum absolute atomic E-state index is 0.0490. The van der Waals surface area contributed by atoms with Crippen molar-refractivity contribution >= 4 is 11.7 Å². The number of esters is 1. The lowest BCUT2D eigenvalue weighted by Crippen LogP contribution is -2.29. The highest BCUT2D eigenvalue weighted by Gasteiger charge is 2.25. The molecule has 1 fully saturated rings. The molecule has 2 atom stereocenters. The van der Waals surface area contributed by atoms with Crippen LogP contribution in [0.1, 0.15) is 41.6 Å². The highest BCUT2D eigenvalue weighted by Crippen LogP contribution is 2.25. The third kappa shape index (κ3) is 3.26.